The van der Waals surface area contributed by atoms with Crippen molar-refractivity contribution in [2.24, 2.45) is 5.92 Å². The Hall–Kier alpha value is -3.80. The zero-order valence-electron chi connectivity index (χ0n) is 24.6. The minimum atomic E-state index is -3.93. The molecule has 2 N–H and O–H groups in total. The molecule has 0 unspecified atom stereocenters. The van der Waals surface area contributed by atoms with Crippen LogP contribution in [-0.2, 0) is 16.6 Å². The molecule has 0 saturated heterocycles. The van der Waals surface area contributed by atoms with Crippen molar-refractivity contribution in [2.45, 2.75) is 37.4 Å². The Kier molecular flexibility index (Phi) is 9.97. The number of methoxy groups -OCH3 is 2. The van der Waals surface area contributed by atoms with Gasteiger partial charge in [0.05, 0.1) is 37.3 Å². The molecule has 0 fully saturated rings. The maximum Gasteiger partial charge on any atom is 0.261 e. The van der Waals surface area contributed by atoms with Gasteiger partial charge in [-0.2, -0.15) is 0 Å². The Morgan fingerprint density at radius 1 is 1.05 bits per heavy atom. The fourth-order valence-corrected chi connectivity index (χ4v) is 5.94. The Morgan fingerprint density at radius 3 is 2.26 bits per heavy atom. The number of hydrogen-bond acceptors (Lipinski definition) is 8. The number of carbonyl (C=O) groups excluding carboxylic acids is 1. The molecule has 1 heterocycles. The first-order valence-electron chi connectivity index (χ1n) is 13.8. The van der Waals surface area contributed by atoms with Crippen molar-refractivity contribution < 1.29 is 32.5 Å². The third-order valence-electron chi connectivity index (χ3n) is 7.39. The molecule has 10 nitrogen and oxygen atoms in total. The van der Waals surface area contributed by atoms with E-state index in [1.54, 1.807) is 43.2 Å². The Bertz CT molecular complexity index is 1460. The average molecular weight is 598 g/mol. The van der Waals surface area contributed by atoms with E-state index in [0.717, 1.165) is 11.3 Å². The second-order valence-corrected chi connectivity index (χ2v) is 12.3. The quantitative estimate of drug-likeness (QED) is 0.342. The fourth-order valence-electron chi connectivity index (χ4n) is 4.89. The smallest absolute Gasteiger partial charge is 0.261 e. The molecule has 11 heteroatoms. The summed E-state index contributed by atoms with van der Waals surface area (Å²) in [6.45, 7) is 5.23. The second-order valence-electron chi connectivity index (χ2n) is 10.7. The van der Waals surface area contributed by atoms with E-state index in [9.17, 15) is 18.3 Å². The fraction of sp³-hybridized carbons (Fsp3) is 0.387. The Morgan fingerprint density at radius 2 is 1.67 bits per heavy atom. The number of aliphatic hydroxyl groups excluding tert-OH is 1. The first kappa shape index (κ1) is 31.1. The molecule has 3 aromatic rings. The van der Waals surface area contributed by atoms with Crippen molar-refractivity contribution in [1.82, 2.24) is 9.80 Å². The minimum absolute atomic E-state index is 0.0531. The molecule has 4 rings (SSSR count). The van der Waals surface area contributed by atoms with Gasteiger partial charge in [-0.15, -0.1) is 0 Å². The highest BCUT2D eigenvalue weighted by Gasteiger charge is 2.33. The molecule has 1 amide bonds. The van der Waals surface area contributed by atoms with Crippen LogP contribution in [0.25, 0.3) is 0 Å². The van der Waals surface area contributed by atoms with E-state index >= 15 is 0 Å². The topological polar surface area (TPSA) is 118 Å². The summed E-state index contributed by atoms with van der Waals surface area (Å²) in [7, 11) is 1.22. The number of rotatable bonds is 11. The molecular weight excluding hydrogens is 558 g/mol. The van der Waals surface area contributed by atoms with Crippen LogP contribution in [0.5, 0.6) is 17.2 Å². The van der Waals surface area contributed by atoms with E-state index in [-0.39, 0.29) is 40.7 Å². The van der Waals surface area contributed by atoms with Crippen LogP contribution in [0.2, 0.25) is 0 Å². The van der Waals surface area contributed by atoms with Crippen molar-refractivity contribution in [2.75, 3.05) is 45.7 Å². The number of nitrogens with one attached hydrogen (secondary N) is 1. The van der Waals surface area contributed by atoms with E-state index in [0.29, 0.717) is 31.1 Å². The molecule has 0 bridgehead atoms. The largest absolute Gasteiger partial charge is 0.497 e. The molecular formula is C31H39N3O7S. The number of fused-ring (bicyclic) bond motifs is 1. The predicted octanol–water partition coefficient (Wildman–Crippen LogP) is 3.86. The minimum Gasteiger partial charge on any atom is -0.497 e. The average Bonchev–Trinajstić information content (AvgIpc) is 2.99. The third-order valence-corrected chi connectivity index (χ3v) is 8.79. The summed E-state index contributed by atoms with van der Waals surface area (Å²) in [5, 5.41) is 9.94. The zero-order valence-corrected chi connectivity index (χ0v) is 25.4. The number of ether oxygens (including phenoxy) is 3. The van der Waals surface area contributed by atoms with Crippen LogP contribution in [0.1, 0.15) is 29.8 Å². The molecule has 0 aromatic heterocycles. The number of aliphatic hydroxyl groups is 1. The van der Waals surface area contributed by atoms with E-state index in [4.69, 9.17) is 14.2 Å². The number of amides is 1. The van der Waals surface area contributed by atoms with Gasteiger partial charge < -0.3 is 24.2 Å². The van der Waals surface area contributed by atoms with Crippen molar-refractivity contribution in [3.63, 3.8) is 0 Å². The number of likely N-dealkylation sites (N-methyl/N-ethyl adjacent to an activating group) is 1. The summed E-state index contributed by atoms with van der Waals surface area (Å²) < 4.78 is 45.5. The maximum atomic E-state index is 13.7. The molecule has 42 heavy (non-hydrogen) atoms. The first-order chi connectivity index (χ1) is 20.0. The van der Waals surface area contributed by atoms with Crippen LogP contribution < -0.4 is 18.9 Å². The second kappa shape index (κ2) is 13.5. The molecule has 3 atom stereocenters. The predicted molar refractivity (Wildman–Crippen MR) is 161 cm³/mol. The van der Waals surface area contributed by atoms with Crippen LogP contribution in [0, 0.1) is 5.92 Å². The molecule has 226 valence electrons. The van der Waals surface area contributed by atoms with Crippen molar-refractivity contribution in [1.29, 1.82) is 0 Å². The Labute approximate surface area is 247 Å². The van der Waals surface area contributed by atoms with E-state index in [1.165, 1.54) is 25.3 Å². The highest BCUT2D eigenvalue weighted by atomic mass is 32.2. The summed E-state index contributed by atoms with van der Waals surface area (Å²) in [6.07, 6.45) is -0.282. The third kappa shape index (κ3) is 7.33. The van der Waals surface area contributed by atoms with Crippen molar-refractivity contribution in [3.8, 4) is 17.2 Å². The lowest BCUT2D eigenvalue weighted by Gasteiger charge is -2.38. The van der Waals surface area contributed by atoms with Gasteiger partial charge >= 0.3 is 0 Å². The number of hydrogen-bond donors (Lipinski definition) is 2. The van der Waals surface area contributed by atoms with Crippen LogP contribution in [0.15, 0.2) is 71.6 Å². The van der Waals surface area contributed by atoms with Gasteiger partial charge in [0.15, 0.2) is 0 Å². The highest BCUT2D eigenvalue weighted by Crippen LogP contribution is 2.32. The SMILES string of the molecule is COc1ccc(CN(C)C[C@@H]2Oc3ccc(NS(=O)(=O)c4ccc(OC)cc4)cc3C(=O)N([C@H](C)CO)C[C@@H]2C)cc1. The zero-order chi connectivity index (χ0) is 30.4. The van der Waals surface area contributed by atoms with Crippen LogP contribution in [0.4, 0.5) is 5.69 Å². The highest BCUT2D eigenvalue weighted by molar-refractivity contribution is 7.92. The number of anilines is 1. The van der Waals surface area contributed by atoms with Gasteiger partial charge in [0.25, 0.3) is 15.9 Å². The summed E-state index contributed by atoms with van der Waals surface area (Å²) in [4.78, 5) is 17.6. The number of carbonyl (C=O) groups is 1. The summed E-state index contributed by atoms with van der Waals surface area (Å²) in [5.41, 5.74) is 1.57. The molecule has 0 spiro atoms. The number of nitrogens with zero attached hydrogens (tertiary/aromatic N) is 2. The van der Waals surface area contributed by atoms with Gasteiger partial charge in [0.2, 0.25) is 0 Å². The maximum absolute atomic E-state index is 13.7. The molecule has 0 aliphatic carbocycles. The molecule has 1 aliphatic heterocycles. The molecule has 1 aliphatic rings. The van der Waals surface area contributed by atoms with Crippen LogP contribution in [0.3, 0.4) is 0 Å². The lowest BCUT2D eigenvalue weighted by molar-refractivity contribution is 0.0341. The summed E-state index contributed by atoms with van der Waals surface area (Å²) in [5.74, 6) is 1.30. The van der Waals surface area contributed by atoms with E-state index in [1.807, 2.05) is 38.2 Å². The van der Waals surface area contributed by atoms with E-state index < -0.39 is 16.1 Å². The van der Waals surface area contributed by atoms with Crippen LogP contribution in [-0.4, -0.2) is 82.3 Å². The van der Waals surface area contributed by atoms with Crippen molar-refractivity contribution in [3.05, 3.63) is 77.9 Å². The van der Waals surface area contributed by atoms with Gasteiger partial charge in [-0.1, -0.05) is 19.1 Å². The van der Waals surface area contributed by atoms with E-state index in [2.05, 4.69) is 9.62 Å². The monoisotopic (exact) mass is 597 g/mol. The normalized spacial score (nSPS) is 18.0. The summed E-state index contributed by atoms with van der Waals surface area (Å²) in [6, 6.07) is 18.2. The number of benzene rings is 3. The van der Waals surface area contributed by atoms with Gasteiger partial charge in [-0.05, 0) is 74.1 Å². The first-order valence-corrected chi connectivity index (χ1v) is 15.2. The van der Waals surface area contributed by atoms with Gasteiger partial charge in [-0.25, -0.2) is 8.42 Å². The van der Waals surface area contributed by atoms with Crippen LogP contribution >= 0.6 is 0 Å². The standard InChI is InChI=1S/C31H39N3O7S/c1-21-17-34(22(2)20-35)31(36)28-16-24(32-42(37,38)27-13-11-26(40-5)12-14-27)8-15-29(28)41-30(21)19-33(3)18-23-6-9-25(39-4)10-7-23/h6-16,21-22,30,32,35H,17-20H2,1-5H3/t21-,22+,30-/m0/s1. The summed E-state index contributed by atoms with van der Waals surface area (Å²) >= 11 is 0. The molecule has 0 radical (unpaired) electrons. The van der Waals surface area contributed by atoms with Gasteiger partial charge in [0.1, 0.15) is 23.4 Å². The lowest BCUT2D eigenvalue weighted by Crippen LogP contribution is -2.49. The number of sulfonamides is 1. The molecule has 3 aromatic carbocycles. The molecule has 0 saturated carbocycles. The van der Waals surface area contributed by atoms with Crippen molar-refractivity contribution >= 4 is 21.6 Å². The van der Waals surface area contributed by atoms with Gasteiger partial charge in [-0.3, -0.25) is 14.4 Å². The lowest BCUT2D eigenvalue weighted by atomic mass is 9.99. The van der Waals surface area contributed by atoms with Gasteiger partial charge in [0, 0.05) is 31.2 Å². The Balaban J connectivity index is 1.60.